The van der Waals surface area contributed by atoms with Gasteiger partial charge in [0, 0.05) is 36.7 Å². The molecule has 0 amide bonds. The van der Waals surface area contributed by atoms with Gasteiger partial charge in [0.2, 0.25) is 10.0 Å². The van der Waals surface area contributed by atoms with Crippen molar-refractivity contribution in [2.75, 3.05) is 39.1 Å². The molecule has 0 unspecified atom stereocenters. The SMILES string of the molecule is CCS(=O)(=O)N1CCCCN2[C@H](C1)[C@@H](c1ccc(C#Cc3ccccc3OC)cc1)[C@@H]2CO. The summed E-state index contributed by atoms with van der Waals surface area (Å²) in [6.45, 7) is 3.72. The molecule has 2 aliphatic rings. The quantitative estimate of drug-likeness (QED) is 0.684. The molecule has 2 fully saturated rings. The monoisotopic (exact) mass is 468 g/mol. The number of methoxy groups -OCH3 is 1. The maximum atomic E-state index is 12.6. The van der Waals surface area contributed by atoms with Crippen molar-refractivity contribution in [3.8, 4) is 17.6 Å². The molecule has 0 spiro atoms. The van der Waals surface area contributed by atoms with Gasteiger partial charge in [0.15, 0.2) is 0 Å². The Morgan fingerprint density at radius 2 is 1.79 bits per heavy atom. The van der Waals surface area contributed by atoms with Crippen LogP contribution >= 0.6 is 0 Å². The first-order valence-corrected chi connectivity index (χ1v) is 13.2. The molecular formula is C26H32N2O4S. The minimum Gasteiger partial charge on any atom is -0.495 e. The van der Waals surface area contributed by atoms with Crippen molar-refractivity contribution in [1.82, 2.24) is 9.21 Å². The van der Waals surface area contributed by atoms with Crippen LogP contribution in [0, 0.1) is 11.8 Å². The summed E-state index contributed by atoms with van der Waals surface area (Å²) in [5.41, 5.74) is 2.85. The molecule has 33 heavy (non-hydrogen) atoms. The highest BCUT2D eigenvalue weighted by atomic mass is 32.2. The van der Waals surface area contributed by atoms with Crippen molar-refractivity contribution in [3.05, 3.63) is 65.2 Å². The highest BCUT2D eigenvalue weighted by Gasteiger charge is 2.49. The normalized spacial score (nSPS) is 23.9. The number of aliphatic hydroxyl groups excluding tert-OH is 1. The van der Waals surface area contributed by atoms with E-state index in [2.05, 4.69) is 28.9 Å². The van der Waals surface area contributed by atoms with Crippen LogP contribution < -0.4 is 4.74 Å². The molecule has 0 radical (unpaired) electrons. The lowest BCUT2D eigenvalue weighted by atomic mass is 9.74. The summed E-state index contributed by atoms with van der Waals surface area (Å²) in [7, 11) is -1.61. The van der Waals surface area contributed by atoms with E-state index in [1.807, 2.05) is 36.4 Å². The lowest BCUT2D eigenvalue weighted by Crippen LogP contribution is -2.67. The third-order valence-electron chi connectivity index (χ3n) is 6.83. The van der Waals surface area contributed by atoms with Crippen LogP contribution in [0.15, 0.2) is 48.5 Å². The molecule has 2 aliphatic heterocycles. The van der Waals surface area contributed by atoms with Gasteiger partial charge in [-0.1, -0.05) is 36.1 Å². The van der Waals surface area contributed by atoms with Gasteiger partial charge in [-0.3, -0.25) is 4.90 Å². The molecule has 4 rings (SSSR count). The van der Waals surface area contributed by atoms with Crippen molar-refractivity contribution in [1.29, 1.82) is 0 Å². The van der Waals surface area contributed by atoms with Crippen LogP contribution in [0.5, 0.6) is 5.75 Å². The van der Waals surface area contributed by atoms with E-state index in [0.717, 1.165) is 41.8 Å². The zero-order valence-corrected chi connectivity index (χ0v) is 20.1. The Bertz CT molecular complexity index is 1120. The summed E-state index contributed by atoms with van der Waals surface area (Å²) >= 11 is 0. The fourth-order valence-electron chi connectivity index (χ4n) is 5.02. The first kappa shape index (κ1) is 23.8. The van der Waals surface area contributed by atoms with E-state index in [4.69, 9.17) is 4.74 Å². The van der Waals surface area contributed by atoms with Crippen molar-refractivity contribution in [2.45, 2.75) is 37.8 Å². The van der Waals surface area contributed by atoms with Crippen LogP contribution in [0.3, 0.4) is 0 Å². The number of para-hydroxylation sites is 1. The summed E-state index contributed by atoms with van der Waals surface area (Å²) in [6.07, 6.45) is 1.79. The summed E-state index contributed by atoms with van der Waals surface area (Å²) in [4.78, 5) is 2.29. The number of ether oxygens (including phenoxy) is 1. The molecule has 0 bridgehead atoms. The van der Waals surface area contributed by atoms with E-state index in [9.17, 15) is 13.5 Å². The highest BCUT2D eigenvalue weighted by Crippen LogP contribution is 2.42. The number of benzene rings is 2. The zero-order chi connectivity index (χ0) is 23.4. The smallest absolute Gasteiger partial charge is 0.213 e. The van der Waals surface area contributed by atoms with E-state index in [-0.39, 0.29) is 30.4 Å². The third-order valence-corrected chi connectivity index (χ3v) is 8.68. The summed E-state index contributed by atoms with van der Waals surface area (Å²) < 4.78 is 32.2. The standard InChI is InChI=1S/C26H32N2O4S/c1-3-33(30,31)27-16-6-7-17-28-23(18-27)26(24(28)19-29)22-14-11-20(12-15-22)10-13-21-8-4-5-9-25(21)32-2/h4-5,8-9,11-12,14-15,23-24,26,29H,3,6-7,16-19H2,1-2H3/t23-,24+,26-/m1/s1. The first-order valence-electron chi connectivity index (χ1n) is 11.6. The minimum absolute atomic E-state index is 0.0183. The van der Waals surface area contributed by atoms with Gasteiger partial charge >= 0.3 is 0 Å². The molecule has 0 aliphatic carbocycles. The second-order valence-electron chi connectivity index (χ2n) is 8.62. The Balaban J connectivity index is 1.55. The van der Waals surface area contributed by atoms with Gasteiger partial charge in [-0.15, -0.1) is 0 Å². The summed E-state index contributed by atoms with van der Waals surface area (Å²) in [5.74, 6) is 7.33. The Labute approximate surface area is 197 Å². The van der Waals surface area contributed by atoms with E-state index >= 15 is 0 Å². The van der Waals surface area contributed by atoms with Gasteiger partial charge in [0.1, 0.15) is 5.75 Å². The Morgan fingerprint density at radius 3 is 2.48 bits per heavy atom. The molecule has 3 atom stereocenters. The Kier molecular flexibility index (Phi) is 7.40. The molecule has 0 aromatic heterocycles. The topological polar surface area (TPSA) is 70.1 Å². The molecule has 7 heteroatoms. The zero-order valence-electron chi connectivity index (χ0n) is 19.3. The lowest BCUT2D eigenvalue weighted by molar-refractivity contribution is -0.0553. The third kappa shape index (κ3) is 4.95. The van der Waals surface area contributed by atoms with Crippen LogP contribution in [-0.2, 0) is 10.0 Å². The lowest BCUT2D eigenvalue weighted by Gasteiger charge is -2.57. The molecule has 2 aromatic carbocycles. The maximum Gasteiger partial charge on any atom is 0.213 e. The van der Waals surface area contributed by atoms with E-state index in [0.29, 0.717) is 13.1 Å². The van der Waals surface area contributed by atoms with Gasteiger partial charge in [0.05, 0.1) is 25.0 Å². The average molecular weight is 469 g/mol. The molecule has 2 aromatic rings. The summed E-state index contributed by atoms with van der Waals surface area (Å²) in [5, 5.41) is 10.1. The predicted molar refractivity (Wildman–Crippen MR) is 130 cm³/mol. The van der Waals surface area contributed by atoms with Gasteiger partial charge in [-0.2, -0.15) is 0 Å². The second kappa shape index (κ2) is 10.3. The van der Waals surface area contributed by atoms with Gasteiger partial charge < -0.3 is 9.84 Å². The average Bonchev–Trinajstić information content (AvgIpc) is 2.82. The number of nitrogens with zero attached hydrogens (tertiary/aromatic N) is 2. The molecular weight excluding hydrogens is 436 g/mol. The molecule has 0 saturated carbocycles. The van der Waals surface area contributed by atoms with Crippen LogP contribution in [0.4, 0.5) is 0 Å². The first-order chi connectivity index (χ1) is 16.0. The van der Waals surface area contributed by atoms with Crippen molar-refractivity contribution < 1.29 is 18.3 Å². The number of hydrogen-bond acceptors (Lipinski definition) is 5. The van der Waals surface area contributed by atoms with Crippen molar-refractivity contribution >= 4 is 10.0 Å². The van der Waals surface area contributed by atoms with Crippen LogP contribution in [0.2, 0.25) is 0 Å². The summed E-state index contributed by atoms with van der Waals surface area (Å²) in [6, 6.07) is 15.9. The number of sulfonamides is 1. The number of aliphatic hydroxyl groups is 1. The van der Waals surface area contributed by atoms with Crippen LogP contribution in [-0.4, -0.2) is 73.9 Å². The van der Waals surface area contributed by atoms with E-state index in [1.165, 1.54) is 0 Å². The van der Waals surface area contributed by atoms with Crippen LogP contribution in [0.25, 0.3) is 0 Å². The van der Waals surface area contributed by atoms with Crippen molar-refractivity contribution in [2.24, 2.45) is 0 Å². The van der Waals surface area contributed by atoms with E-state index < -0.39 is 10.0 Å². The highest BCUT2D eigenvalue weighted by molar-refractivity contribution is 7.89. The fraction of sp³-hybridized carbons (Fsp3) is 0.462. The van der Waals surface area contributed by atoms with Crippen LogP contribution in [0.1, 0.15) is 42.4 Å². The molecule has 2 saturated heterocycles. The number of rotatable bonds is 5. The molecule has 1 N–H and O–H groups in total. The van der Waals surface area contributed by atoms with Crippen molar-refractivity contribution in [3.63, 3.8) is 0 Å². The van der Waals surface area contributed by atoms with Gasteiger partial charge in [0.25, 0.3) is 0 Å². The van der Waals surface area contributed by atoms with Gasteiger partial charge in [-0.25, -0.2) is 12.7 Å². The van der Waals surface area contributed by atoms with Gasteiger partial charge in [-0.05, 0) is 56.1 Å². The number of fused-ring (bicyclic) bond motifs is 1. The maximum absolute atomic E-state index is 12.6. The largest absolute Gasteiger partial charge is 0.495 e. The van der Waals surface area contributed by atoms with E-state index in [1.54, 1.807) is 18.3 Å². The molecule has 2 heterocycles. The Hall–Kier alpha value is -2.37. The predicted octanol–water partition coefficient (Wildman–Crippen LogP) is 2.67. The molecule has 176 valence electrons. The fourth-order valence-corrected chi connectivity index (χ4v) is 6.17. The Morgan fingerprint density at radius 1 is 1.06 bits per heavy atom. The molecule has 6 nitrogen and oxygen atoms in total. The minimum atomic E-state index is -3.24. The number of hydrogen-bond donors (Lipinski definition) is 1. The second-order valence-corrected chi connectivity index (χ2v) is 10.9.